The van der Waals surface area contributed by atoms with Crippen LogP contribution in [0.15, 0.2) is 12.3 Å². The number of halogens is 1. The summed E-state index contributed by atoms with van der Waals surface area (Å²) >= 11 is 5.28. The highest BCUT2D eigenvalue weighted by molar-refractivity contribution is 6.18. The Balaban J connectivity index is 2.35. The van der Waals surface area contributed by atoms with Crippen LogP contribution >= 0.6 is 11.6 Å². The average molecular weight is 205 g/mol. The topological polar surface area (TPSA) is 90.0 Å². The molecule has 1 rings (SSSR count). The van der Waals surface area contributed by atoms with Gasteiger partial charge in [-0.2, -0.15) is 5.10 Å². The molecule has 0 saturated heterocycles. The van der Waals surface area contributed by atoms with Crippen LogP contribution < -0.4 is 10.9 Å². The number of aliphatic hydroxyl groups is 1. The van der Waals surface area contributed by atoms with Crippen molar-refractivity contribution in [2.45, 2.75) is 6.23 Å². The van der Waals surface area contributed by atoms with Crippen molar-refractivity contribution in [3.05, 3.63) is 18.0 Å². The fourth-order valence-electron chi connectivity index (χ4n) is 0.637. The maximum absolute atomic E-state index is 11.1. The largest absolute Gasteiger partial charge is 0.376 e. The predicted molar refractivity (Wildman–Crippen MR) is 45.9 cm³/mol. The molecule has 0 aromatic carbocycles. The van der Waals surface area contributed by atoms with E-state index in [-0.39, 0.29) is 5.88 Å². The number of carbonyl (C=O) groups excluding carboxylic acids is 1. The molecule has 72 valence electrons. The number of hydrogen-bond acceptors (Lipinski definition) is 4. The van der Waals surface area contributed by atoms with Gasteiger partial charge in [-0.1, -0.05) is 0 Å². The molecule has 1 aromatic rings. The first-order valence-corrected chi connectivity index (χ1v) is 4.06. The molecule has 13 heavy (non-hydrogen) atoms. The molecule has 0 aliphatic carbocycles. The molecule has 7 heteroatoms. The SMILES string of the molecule is O=C(NNC(O)CCl)c1ccn[nH]1. The lowest BCUT2D eigenvalue weighted by molar-refractivity contribution is 0.0838. The van der Waals surface area contributed by atoms with Crippen molar-refractivity contribution < 1.29 is 9.90 Å². The van der Waals surface area contributed by atoms with Gasteiger partial charge in [0.25, 0.3) is 5.91 Å². The lowest BCUT2D eigenvalue weighted by Crippen LogP contribution is -2.45. The summed E-state index contributed by atoms with van der Waals surface area (Å²) in [5.74, 6) is -0.426. The molecule has 6 nitrogen and oxygen atoms in total. The Labute approximate surface area is 79.3 Å². The van der Waals surface area contributed by atoms with E-state index < -0.39 is 12.1 Å². The van der Waals surface area contributed by atoms with Gasteiger partial charge in [0, 0.05) is 6.20 Å². The van der Waals surface area contributed by atoms with Crippen LogP contribution in [0.4, 0.5) is 0 Å². The molecule has 1 heterocycles. The van der Waals surface area contributed by atoms with Gasteiger partial charge >= 0.3 is 0 Å². The fourth-order valence-corrected chi connectivity index (χ4v) is 0.714. The highest BCUT2D eigenvalue weighted by Gasteiger charge is 2.07. The summed E-state index contributed by atoms with van der Waals surface area (Å²) in [5, 5.41) is 15.0. The molecule has 1 atom stereocenters. The molecule has 1 amide bonds. The number of aromatic amines is 1. The van der Waals surface area contributed by atoms with Crippen LogP contribution in [0.5, 0.6) is 0 Å². The van der Waals surface area contributed by atoms with E-state index in [0.29, 0.717) is 5.69 Å². The Morgan fingerprint density at radius 1 is 1.85 bits per heavy atom. The third kappa shape index (κ3) is 3.02. The number of alkyl halides is 1. The van der Waals surface area contributed by atoms with Crippen molar-refractivity contribution in [2.24, 2.45) is 0 Å². The van der Waals surface area contributed by atoms with Crippen molar-refractivity contribution in [1.82, 2.24) is 21.0 Å². The number of hydrazine groups is 1. The Morgan fingerprint density at radius 2 is 2.62 bits per heavy atom. The van der Waals surface area contributed by atoms with Gasteiger partial charge in [-0.05, 0) is 6.07 Å². The molecular weight excluding hydrogens is 196 g/mol. The minimum Gasteiger partial charge on any atom is -0.376 e. The van der Waals surface area contributed by atoms with E-state index in [4.69, 9.17) is 16.7 Å². The zero-order valence-corrected chi connectivity index (χ0v) is 7.38. The van der Waals surface area contributed by atoms with Gasteiger partial charge in [0.15, 0.2) is 0 Å². The number of hydrogen-bond donors (Lipinski definition) is 4. The van der Waals surface area contributed by atoms with Crippen molar-refractivity contribution in [2.75, 3.05) is 5.88 Å². The van der Waals surface area contributed by atoms with Crippen LogP contribution in [0, 0.1) is 0 Å². The Morgan fingerprint density at radius 3 is 3.15 bits per heavy atom. The van der Waals surface area contributed by atoms with Gasteiger partial charge in [-0.3, -0.25) is 15.3 Å². The first-order chi connectivity index (χ1) is 6.24. The first-order valence-electron chi connectivity index (χ1n) is 3.53. The second-order valence-corrected chi connectivity index (χ2v) is 2.55. The standard InChI is InChI=1S/C6H9ClN4O2/c7-3-5(12)10-11-6(13)4-1-2-8-9-4/h1-2,5,10,12H,3H2,(H,8,9)(H,11,13). The molecule has 1 aromatic heterocycles. The molecular formula is C6H9ClN4O2. The van der Waals surface area contributed by atoms with E-state index in [1.807, 2.05) is 0 Å². The number of H-pyrrole nitrogens is 1. The van der Waals surface area contributed by atoms with Gasteiger partial charge < -0.3 is 5.11 Å². The summed E-state index contributed by atoms with van der Waals surface area (Å²) in [6.45, 7) is 0. The van der Waals surface area contributed by atoms with E-state index in [1.165, 1.54) is 12.3 Å². The maximum Gasteiger partial charge on any atom is 0.283 e. The number of nitrogens with zero attached hydrogens (tertiary/aromatic N) is 1. The smallest absolute Gasteiger partial charge is 0.283 e. The van der Waals surface area contributed by atoms with E-state index in [9.17, 15) is 4.79 Å². The number of aromatic nitrogens is 2. The lowest BCUT2D eigenvalue weighted by atomic mass is 10.4. The Hall–Kier alpha value is -1.11. The summed E-state index contributed by atoms with van der Waals surface area (Å²) in [5.41, 5.74) is 4.84. The van der Waals surface area contributed by atoms with Gasteiger partial charge in [-0.25, -0.2) is 5.43 Å². The third-order valence-electron chi connectivity index (χ3n) is 1.24. The van der Waals surface area contributed by atoms with E-state index in [1.54, 1.807) is 0 Å². The van der Waals surface area contributed by atoms with Crippen LogP contribution in [0.1, 0.15) is 10.5 Å². The zero-order chi connectivity index (χ0) is 9.68. The quantitative estimate of drug-likeness (QED) is 0.294. The normalized spacial score (nSPS) is 12.5. The summed E-state index contributed by atoms with van der Waals surface area (Å²) < 4.78 is 0. The summed E-state index contributed by atoms with van der Waals surface area (Å²) in [4.78, 5) is 11.1. The maximum atomic E-state index is 11.1. The molecule has 1 unspecified atom stereocenters. The second kappa shape index (κ2) is 4.80. The Bertz CT molecular complexity index is 264. The number of amides is 1. The fraction of sp³-hybridized carbons (Fsp3) is 0.333. The molecule has 0 radical (unpaired) electrons. The highest BCUT2D eigenvalue weighted by atomic mass is 35.5. The predicted octanol–water partition coefficient (Wildman–Crippen LogP) is -0.799. The van der Waals surface area contributed by atoms with Gasteiger partial charge in [0.1, 0.15) is 11.9 Å². The van der Waals surface area contributed by atoms with Crippen LogP contribution in [0.3, 0.4) is 0 Å². The molecule has 0 aliphatic heterocycles. The van der Waals surface area contributed by atoms with Crippen LogP contribution in [-0.2, 0) is 0 Å². The van der Waals surface area contributed by atoms with Crippen LogP contribution in [-0.4, -0.2) is 33.3 Å². The van der Waals surface area contributed by atoms with Gasteiger partial charge in [0.2, 0.25) is 0 Å². The molecule has 0 spiro atoms. The van der Waals surface area contributed by atoms with Crippen molar-refractivity contribution in [1.29, 1.82) is 0 Å². The minimum atomic E-state index is -0.964. The molecule has 4 N–H and O–H groups in total. The summed E-state index contributed by atoms with van der Waals surface area (Å²) in [7, 11) is 0. The number of carbonyl (C=O) groups is 1. The first kappa shape index (κ1) is 9.97. The monoisotopic (exact) mass is 204 g/mol. The molecule has 0 bridgehead atoms. The number of rotatable bonds is 4. The van der Waals surface area contributed by atoms with E-state index in [0.717, 1.165) is 0 Å². The third-order valence-corrected chi connectivity index (χ3v) is 1.54. The van der Waals surface area contributed by atoms with E-state index in [2.05, 4.69) is 21.0 Å². The summed E-state index contributed by atoms with van der Waals surface area (Å²) in [6.07, 6.45) is 0.487. The number of aliphatic hydroxyl groups excluding tert-OH is 1. The van der Waals surface area contributed by atoms with Gasteiger partial charge in [0.05, 0.1) is 5.88 Å². The minimum absolute atomic E-state index is 0.0107. The average Bonchev–Trinajstić information content (AvgIpc) is 2.66. The molecule has 0 aliphatic rings. The second-order valence-electron chi connectivity index (χ2n) is 2.24. The van der Waals surface area contributed by atoms with Crippen LogP contribution in [0.2, 0.25) is 0 Å². The zero-order valence-electron chi connectivity index (χ0n) is 6.62. The van der Waals surface area contributed by atoms with Crippen molar-refractivity contribution in [3.63, 3.8) is 0 Å². The number of nitrogens with one attached hydrogen (secondary N) is 3. The van der Waals surface area contributed by atoms with Crippen molar-refractivity contribution >= 4 is 17.5 Å². The lowest BCUT2D eigenvalue weighted by Gasteiger charge is -2.09. The van der Waals surface area contributed by atoms with Crippen molar-refractivity contribution in [3.8, 4) is 0 Å². The molecule has 0 saturated carbocycles. The van der Waals surface area contributed by atoms with Gasteiger partial charge in [-0.15, -0.1) is 11.6 Å². The Kier molecular flexibility index (Phi) is 3.69. The van der Waals surface area contributed by atoms with E-state index >= 15 is 0 Å². The summed E-state index contributed by atoms with van der Waals surface area (Å²) in [6, 6.07) is 1.50. The highest BCUT2D eigenvalue weighted by Crippen LogP contribution is 1.89. The van der Waals surface area contributed by atoms with Crippen LogP contribution in [0.25, 0.3) is 0 Å². The molecule has 0 fully saturated rings.